The van der Waals surface area contributed by atoms with Crippen LogP contribution in [0.3, 0.4) is 0 Å². The van der Waals surface area contributed by atoms with E-state index in [1.165, 1.54) is 19.2 Å². The van der Waals surface area contributed by atoms with Gasteiger partial charge in [0, 0.05) is 16.4 Å². The molecule has 1 aliphatic rings. The molecule has 0 radical (unpaired) electrons. The highest BCUT2D eigenvalue weighted by Gasteiger charge is 2.35. The van der Waals surface area contributed by atoms with Crippen LogP contribution in [-0.2, 0) is 9.53 Å². The summed E-state index contributed by atoms with van der Waals surface area (Å²) in [6.07, 6.45) is 0. The maximum atomic E-state index is 13.7. The van der Waals surface area contributed by atoms with Gasteiger partial charge in [-0.3, -0.25) is 4.90 Å². The van der Waals surface area contributed by atoms with E-state index in [1.54, 1.807) is 48.2 Å². The number of anilines is 1. The minimum Gasteiger partial charge on any atom is -0.466 e. The lowest BCUT2D eigenvalue weighted by molar-refractivity contribution is -0.136. The number of rotatable bonds is 3. The summed E-state index contributed by atoms with van der Waals surface area (Å²) in [5.41, 5.74) is 2.31. The molecule has 0 aliphatic carbocycles. The van der Waals surface area contributed by atoms with Crippen molar-refractivity contribution >= 4 is 40.6 Å². The molecule has 3 rings (SSSR count). The Morgan fingerprint density at radius 3 is 2.58 bits per heavy atom. The van der Waals surface area contributed by atoms with Crippen LogP contribution in [0.5, 0.6) is 0 Å². The predicted molar refractivity (Wildman–Crippen MR) is 104 cm³/mol. The van der Waals surface area contributed by atoms with Crippen LogP contribution in [0, 0.1) is 5.82 Å². The summed E-state index contributed by atoms with van der Waals surface area (Å²) in [6.45, 7) is 1.78. The molecule has 1 aliphatic heterocycles. The zero-order valence-corrected chi connectivity index (χ0v) is 15.7. The van der Waals surface area contributed by atoms with Gasteiger partial charge in [-0.15, -0.1) is 0 Å². The number of methoxy groups -OCH3 is 1. The fraction of sp³-hybridized carbons (Fsp3) is 0.158. The molecule has 1 atom stereocenters. The molecule has 0 saturated carbocycles. The Labute approximate surface area is 161 Å². The van der Waals surface area contributed by atoms with Crippen molar-refractivity contribution in [1.29, 1.82) is 0 Å². The molecule has 4 nitrogen and oxygen atoms in total. The fourth-order valence-electron chi connectivity index (χ4n) is 2.95. The first-order valence-corrected chi connectivity index (χ1v) is 8.61. The number of hydrogen-bond donors (Lipinski definition) is 1. The Hall–Kier alpha value is -2.44. The molecule has 0 saturated heterocycles. The summed E-state index contributed by atoms with van der Waals surface area (Å²) in [5.74, 6) is -0.900. The number of nitrogens with one attached hydrogen (secondary N) is 1. The minimum atomic E-state index is -0.603. The molecule has 26 heavy (non-hydrogen) atoms. The lowest BCUT2D eigenvalue weighted by atomic mass is 9.94. The van der Waals surface area contributed by atoms with Crippen molar-refractivity contribution in [2.75, 3.05) is 12.0 Å². The summed E-state index contributed by atoms with van der Waals surface area (Å²) in [7, 11) is 1.31. The highest BCUT2D eigenvalue weighted by molar-refractivity contribution is 7.80. The Bertz CT molecular complexity index is 899. The van der Waals surface area contributed by atoms with Crippen LogP contribution in [0.25, 0.3) is 0 Å². The van der Waals surface area contributed by atoms with Crippen LogP contribution in [0.15, 0.2) is 59.8 Å². The molecular formula is C19H16ClFN2O2S. The summed E-state index contributed by atoms with van der Waals surface area (Å²) in [5, 5.41) is 4.11. The molecule has 1 heterocycles. The molecule has 0 spiro atoms. The van der Waals surface area contributed by atoms with E-state index in [9.17, 15) is 9.18 Å². The normalized spacial score (nSPS) is 17.2. The maximum absolute atomic E-state index is 13.7. The molecule has 2 aromatic carbocycles. The van der Waals surface area contributed by atoms with Gasteiger partial charge < -0.3 is 10.1 Å². The maximum Gasteiger partial charge on any atom is 0.337 e. The van der Waals surface area contributed by atoms with Gasteiger partial charge in [-0.25, -0.2) is 9.18 Å². The fourth-order valence-corrected chi connectivity index (χ4v) is 3.44. The number of thiocarbonyl (C=S) groups is 1. The van der Waals surface area contributed by atoms with Crippen molar-refractivity contribution in [3.05, 3.63) is 76.2 Å². The van der Waals surface area contributed by atoms with Crippen molar-refractivity contribution in [2.45, 2.75) is 13.0 Å². The van der Waals surface area contributed by atoms with Gasteiger partial charge in [0.1, 0.15) is 5.82 Å². The van der Waals surface area contributed by atoms with E-state index in [-0.39, 0.29) is 0 Å². The smallest absolute Gasteiger partial charge is 0.337 e. The van der Waals surface area contributed by atoms with Crippen molar-refractivity contribution in [1.82, 2.24) is 5.32 Å². The largest absolute Gasteiger partial charge is 0.466 e. The standard InChI is InChI=1S/C19H16ClFN2O2S/c1-11-16(18(24)25-2)17(12-4-3-5-14(21)10-12)22-19(26)23(11)15-8-6-13(20)7-9-15/h3-10,17H,1-2H3,(H,22,26)/t17-/m1/s1. The van der Waals surface area contributed by atoms with E-state index in [1.807, 2.05) is 0 Å². The number of nitrogens with zero attached hydrogens (tertiary/aromatic N) is 1. The first kappa shape index (κ1) is 18.4. The molecule has 2 aromatic rings. The van der Waals surface area contributed by atoms with Crippen LogP contribution in [-0.4, -0.2) is 18.2 Å². The van der Waals surface area contributed by atoms with E-state index in [0.717, 1.165) is 5.69 Å². The van der Waals surface area contributed by atoms with Crippen molar-refractivity contribution in [2.24, 2.45) is 0 Å². The Morgan fingerprint density at radius 1 is 1.27 bits per heavy atom. The summed E-state index contributed by atoms with van der Waals surface area (Å²) < 4.78 is 18.6. The molecule has 0 amide bonds. The van der Waals surface area contributed by atoms with E-state index >= 15 is 0 Å². The van der Waals surface area contributed by atoms with Gasteiger partial charge in [-0.1, -0.05) is 23.7 Å². The molecule has 0 aromatic heterocycles. The predicted octanol–water partition coefficient (Wildman–Crippen LogP) is 4.36. The van der Waals surface area contributed by atoms with Gasteiger partial charge in [0.05, 0.1) is 18.7 Å². The second-order valence-corrected chi connectivity index (χ2v) is 6.56. The summed E-state index contributed by atoms with van der Waals surface area (Å²) >= 11 is 11.5. The third-order valence-corrected chi connectivity index (χ3v) is 4.71. The lowest BCUT2D eigenvalue weighted by Crippen LogP contribution is -2.48. The Kier molecular flexibility index (Phi) is 5.25. The Balaban J connectivity index is 2.13. The van der Waals surface area contributed by atoms with Crippen LogP contribution < -0.4 is 10.2 Å². The molecule has 0 fully saturated rings. The Morgan fingerprint density at radius 2 is 1.96 bits per heavy atom. The molecule has 0 unspecified atom stereocenters. The van der Waals surface area contributed by atoms with E-state index in [0.29, 0.717) is 27.0 Å². The third kappa shape index (κ3) is 3.43. The van der Waals surface area contributed by atoms with Crippen molar-refractivity contribution < 1.29 is 13.9 Å². The first-order valence-electron chi connectivity index (χ1n) is 7.83. The zero-order valence-electron chi connectivity index (χ0n) is 14.1. The number of carbonyl (C=O) groups excluding carboxylic acids is 1. The quantitative estimate of drug-likeness (QED) is 0.623. The van der Waals surface area contributed by atoms with Gasteiger partial charge in [0.15, 0.2) is 5.11 Å². The number of hydrogen-bond acceptors (Lipinski definition) is 3. The van der Waals surface area contributed by atoms with Crippen LogP contribution in [0.2, 0.25) is 5.02 Å². The molecule has 0 bridgehead atoms. The second-order valence-electron chi connectivity index (χ2n) is 5.74. The van der Waals surface area contributed by atoms with E-state index in [4.69, 9.17) is 28.6 Å². The SMILES string of the molecule is COC(=O)C1=C(C)N(c2ccc(Cl)cc2)C(=S)N[C@@H]1c1cccc(F)c1. The number of esters is 1. The number of benzene rings is 2. The van der Waals surface area contributed by atoms with Crippen molar-refractivity contribution in [3.8, 4) is 0 Å². The first-order chi connectivity index (χ1) is 12.4. The number of allylic oxidation sites excluding steroid dienone is 1. The minimum absolute atomic E-state index is 0.363. The van der Waals surface area contributed by atoms with Gasteiger partial charge >= 0.3 is 5.97 Å². The molecule has 1 N–H and O–H groups in total. The van der Waals surface area contributed by atoms with Crippen LogP contribution in [0.4, 0.5) is 10.1 Å². The number of halogens is 2. The average Bonchev–Trinajstić information content (AvgIpc) is 2.62. The molecule has 134 valence electrons. The van der Waals surface area contributed by atoms with Gasteiger partial charge in [0.25, 0.3) is 0 Å². The van der Waals surface area contributed by atoms with Gasteiger partial charge in [0.2, 0.25) is 0 Å². The monoisotopic (exact) mass is 390 g/mol. The van der Waals surface area contributed by atoms with E-state index < -0.39 is 17.8 Å². The second kappa shape index (κ2) is 7.43. The highest BCUT2D eigenvalue weighted by Crippen LogP contribution is 2.34. The summed E-state index contributed by atoms with van der Waals surface area (Å²) in [6, 6.07) is 12.5. The molecular weight excluding hydrogens is 375 g/mol. The topological polar surface area (TPSA) is 41.6 Å². The lowest BCUT2D eigenvalue weighted by Gasteiger charge is -2.37. The van der Waals surface area contributed by atoms with Gasteiger partial charge in [-0.2, -0.15) is 0 Å². The van der Waals surface area contributed by atoms with Gasteiger partial charge in [-0.05, 0) is 61.1 Å². The third-order valence-electron chi connectivity index (χ3n) is 4.16. The average molecular weight is 391 g/mol. The molecule has 7 heteroatoms. The van der Waals surface area contributed by atoms with E-state index in [2.05, 4.69) is 5.32 Å². The van der Waals surface area contributed by atoms with Crippen LogP contribution >= 0.6 is 23.8 Å². The number of ether oxygens (including phenoxy) is 1. The number of carbonyl (C=O) groups is 1. The summed E-state index contributed by atoms with van der Waals surface area (Å²) in [4.78, 5) is 14.2. The van der Waals surface area contributed by atoms with Crippen LogP contribution in [0.1, 0.15) is 18.5 Å². The highest BCUT2D eigenvalue weighted by atomic mass is 35.5. The van der Waals surface area contributed by atoms with Crippen molar-refractivity contribution in [3.63, 3.8) is 0 Å². The zero-order chi connectivity index (χ0) is 18.8.